The van der Waals surface area contributed by atoms with Crippen molar-refractivity contribution in [2.75, 3.05) is 11.9 Å². The lowest BCUT2D eigenvalue weighted by molar-refractivity contribution is 0.539. The Bertz CT molecular complexity index is 365. The van der Waals surface area contributed by atoms with Gasteiger partial charge in [0.2, 0.25) is 0 Å². The van der Waals surface area contributed by atoms with Crippen molar-refractivity contribution >= 4 is 11.3 Å². The van der Waals surface area contributed by atoms with Gasteiger partial charge in [-0.05, 0) is 57.9 Å². The van der Waals surface area contributed by atoms with Crippen LogP contribution < -0.4 is 4.90 Å². The molecule has 0 radical (unpaired) electrons. The zero-order valence-electron chi connectivity index (χ0n) is 11.3. The second-order valence-corrected chi connectivity index (χ2v) is 5.25. The van der Waals surface area contributed by atoms with E-state index in [0.29, 0.717) is 0 Å². The van der Waals surface area contributed by atoms with Crippen LogP contribution in [0.4, 0.5) is 5.69 Å². The summed E-state index contributed by atoms with van der Waals surface area (Å²) < 4.78 is 0. The van der Waals surface area contributed by atoms with Crippen LogP contribution in [-0.4, -0.2) is 12.6 Å². The summed E-state index contributed by atoms with van der Waals surface area (Å²) in [5, 5.41) is 0. The van der Waals surface area contributed by atoms with Crippen molar-refractivity contribution in [2.45, 2.75) is 40.2 Å². The maximum Gasteiger partial charge on any atom is 0.0368 e. The number of nitrogens with zero attached hydrogens (tertiary/aromatic N) is 1. The van der Waals surface area contributed by atoms with Crippen LogP contribution in [0.15, 0.2) is 30.3 Å². The summed E-state index contributed by atoms with van der Waals surface area (Å²) in [6.07, 6.45) is 2.14. The second-order valence-electron chi connectivity index (χ2n) is 5.25. The SMILES string of the molecule is C/C=C(/C)c1ccc(N(C)C(C)(C)C)cc1. The van der Waals surface area contributed by atoms with E-state index in [0.717, 1.165) is 0 Å². The van der Waals surface area contributed by atoms with Gasteiger partial charge in [-0.3, -0.25) is 0 Å². The maximum atomic E-state index is 2.29. The standard InChI is InChI=1S/C15H23N/c1-7-12(2)13-8-10-14(11-9-13)16(6)15(3,4)5/h7-11H,1-6H3/b12-7-. The Morgan fingerprint density at radius 1 is 1.12 bits per heavy atom. The highest BCUT2D eigenvalue weighted by molar-refractivity contribution is 5.65. The molecular formula is C15H23N. The first-order chi connectivity index (χ1) is 7.36. The number of allylic oxidation sites excluding steroid dienone is 2. The van der Waals surface area contributed by atoms with Crippen LogP contribution >= 0.6 is 0 Å². The van der Waals surface area contributed by atoms with Gasteiger partial charge in [0, 0.05) is 18.3 Å². The van der Waals surface area contributed by atoms with Crippen LogP contribution in [0.5, 0.6) is 0 Å². The molecule has 0 saturated carbocycles. The summed E-state index contributed by atoms with van der Waals surface area (Å²) in [4.78, 5) is 2.29. The van der Waals surface area contributed by atoms with Crippen molar-refractivity contribution in [2.24, 2.45) is 0 Å². The summed E-state index contributed by atoms with van der Waals surface area (Å²) >= 11 is 0. The van der Waals surface area contributed by atoms with E-state index in [-0.39, 0.29) is 5.54 Å². The van der Waals surface area contributed by atoms with Crippen LogP contribution in [-0.2, 0) is 0 Å². The Morgan fingerprint density at radius 2 is 1.62 bits per heavy atom. The summed E-state index contributed by atoms with van der Waals surface area (Å²) in [6, 6.07) is 8.75. The largest absolute Gasteiger partial charge is 0.370 e. The molecule has 0 aromatic heterocycles. The molecule has 1 rings (SSSR count). The first kappa shape index (κ1) is 12.8. The van der Waals surface area contributed by atoms with E-state index in [1.165, 1.54) is 16.8 Å². The van der Waals surface area contributed by atoms with Gasteiger partial charge in [0.05, 0.1) is 0 Å². The third-order valence-corrected chi connectivity index (χ3v) is 3.15. The molecular weight excluding hydrogens is 194 g/mol. The number of hydrogen-bond donors (Lipinski definition) is 0. The molecule has 1 aromatic carbocycles. The monoisotopic (exact) mass is 217 g/mol. The lowest BCUT2D eigenvalue weighted by atomic mass is 10.0. The quantitative estimate of drug-likeness (QED) is 0.712. The Kier molecular flexibility index (Phi) is 3.79. The lowest BCUT2D eigenvalue weighted by Gasteiger charge is -2.34. The van der Waals surface area contributed by atoms with E-state index in [9.17, 15) is 0 Å². The molecule has 0 aliphatic rings. The van der Waals surface area contributed by atoms with Crippen LogP contribution in [0.25, 0.3) is 5.57 Å². The maximum absolute atomic E-state index is 2.29. The third kappa shape index (κ3) is 2.88. The molecule has 16 heavy (non-hydrogen) atoms. The minimum Gasteiger partial charge on any atom is -0.370 e. The summed E-state index contributed by atoms with van der Waals surface area (Å²) in [5.41, 5.74) is 4.05. The molecule has 0 amide bonds. The first-order valence-electron chi connectivity index (χ1n) is 5.83. The predicted molar refractivity (Wildman–Crippen MR) is 73.9 cm³/mol. The van der Waals surface area contributed by atoms with Gasteiger partial charge in [-0.2, -0.15) is 0 Å². The van der Waals surface area contributed by atoms with Crippen LogP contribution in [0, 0.1) is 0 Å². The molecule has 1 nitrogen and oxygen atoms in total. The Balaban J connectivity index is 2.96. The van der Waals surface area contributed by atoms with E-state index in [1.54, 1.807) is 0 Å². The van der Waals surface area contributed by atoms with Crippen molar-refractivity contribution in [3.63, 3.8) is 0 Å². The molecule has 0 atom stereocenters. The van der Waals surface area contributed by atoms with E-state index in [1.807, 2.05) is 0 Å². The molecule has 0 heterocycles. The van der Waals surface area contributed by atoms with Gasteiger partial charge in [0.1, 0.15) is 0 Å². The zero-order valence-corrected chi connectivity index (χ0v) is 11.3. The highest BCUT2D eigenvalue weighted by Crippen LogP contribution is 2.23. The van der Waals surface area contributed by atoms with Crippen LogP contribution in [0.1, 0.15) is 40.2 Å². The van der Waals surface area contributed by atoms with Gasteiger partial charge in [-0.15, -0.1) is 0 Å². The molecule has 0 aliphatic carbocycles. The van der Waals surface area contributed by atoms with Gasteiger partial charge in [-0.25, -0.2) is 0 Å². The van der Waals surface area contributed by atoms with Crippen LogP contribution in [0.2, 0.25) is 0 Å². The Labute approximate surface area is 99.8 Å². The topological polar surface area (TPSA) is 3.24 Å². The molecule has 88 valence electrons. The van der Waals surface area contributed by atoms with Gasteiger partial charge in [0.15, 0.2) is 0 Å². The minimum absolute atomic E-state index is 0.164. The zero-order chi connectivity index (χ0) is 12.3. The van der Waals surface area contributed by atoms with E-state index in [2.05, 4.69) is 76.9 Å². The molecule has 0 spiro atoms. The highest BCUT2D eigenvalue weighted by atomic mass is 15.2. The molecule has 0 unspecified atom stereocenters. The molecule has 0 fully saturated rings. The van der Waals surface area contributed by atoms with Gasteiger partial charge < -0.3 is 4.90 Å². The van der Waals surface area contributed by atoms with Gasteiger partial charge >= 0.3 is 0 Å². The second kappa shape index (κ2) is 4.73. The third-order valence-electron chi connectivity index (χ3n) is 3.15. The minimum atomic E-state index is 0.164. The van der Waals surface area contributed by atoms with Crippen LogP contribution in [0.3, 0.4) is 0 Å². The summed E-state index contributed by atoms with van der Waals surface area (Å²) in [7, 11) is 2.14. The summed E-state index contributed by atoms with van der Waals surface area (Å²) in [5.74, 6) is 0. The van der Waals surface area contributed by atoms with Crippen molar-refractivity contribution < 1.29 is 0 Å². The fourth-order valence-corrected chi connectivity index (χ4v) is 1.50. The average molecular weight is 217 g/mol. The number of benzene rings is 1. The Morgan fingerprint density at radius 3 is 2.00 bits per heavy atom. The molecule has 0 bridgehead atoms. The highest BCUT2D eigenvalue weighted by Gasteiger charge is 2.16. The van der Waals surface area contributed by atoms with E-state index < -0.39 is 0 Å². The average Bonchev–Trinajstić information content (AvgIpc) is 2.26. The smallest absolute Gasteiger partial charge is 0.0368 e. The van der Waals surface area contributed by atoms with Crippen molar-refractivity contribution in [3.8, 4) is 0 Å². The molecule has 0 N–H and O–H groups in total. The van der Waals surface area contributed by atoms with Crippen molar-refractivity contribution in [1.82, 2.24) is 0 Å². The lowest BCUT2D eigenvalue weighted by Crippen LogP contribution is -2.37. The predicted octanol–water partition coefficient (Wildman–Crippen LogP) is 4.34. The fourth-order valence-electron chi connectivity index (χ4n) is 1.50. The van der Waals surface area contributed by atoms with Gasteiger partial charge in [0.25, 0.3) is 0 Å². The van der Waals surface area contributed by atoms with Crippen molar-refractivity contribution in [3.05, 3.63) is 35.9 Å². The number of anilines is 1. The van der Waals surface area contributed by atoms with E-state index >= 15 is 0 Å². The normalized spacial score (nSPS) is 12.8. The fraction of sp³-hybridized carbons (Fsp3) is 0.467. The first-order valence-corrected chi connectivity index (χ1v) is 5.83. The Hall–Kier alpha value is -1.24. The molecule has 0 saturated heterocycles. The van der Waals surface area contributed by atoms with Crippen molar-refractivity contribution in [1.29, 1.82) is 0 Å². The molecule has 0 aliphatic heterocycles. The summed E-state index contributed by atoms with van der Waals surface area (Å²) in [6.45, 7) is 10.9. The number of rotatable bonds is 2. The molecule has 1 heteroatoms. The number of hydrogen-bond acceptors (Lipinski definition) is 1. The van der Waals surface area contributed by atoms with Gasteiger partial charge in [-0.1, -0.05) is 18.2 Å². The molecule has 1 aromatic rings. The van der Waals surface area contributed by atoms with E-state index in [4.69, 9.17) is 0 Å².